The van der Waals surface area contributed by atoms with Crippen LogP contribution in [0.5, 0.6) is 0 Å². The Hall–Kier alpha value is -2.38. The van der Waals surface area contributed by atoms with Gasteiger partial charge in [0, 0.05) is 18.3 Å². The molecule has 2 atom stereocenters. The van der Waals surface area contributed by atoms with Gasteiger partial charge in [0.25, 0.3) is 0 Å². The van der Waals surface area contributed by atoms with E-state index in [0.29, 0.717) is 30.8 Å². The van der Waals surface area contributed by atoms with Crippen molar-refractivity contribution in [3.8, 4) is 0 Å². The molecular weight excluding hydrogens is 440 g/mol. The number of aliphatic imine (C=N–C) groups is 3. The van der Waals surface area contributed by atoms with Gasteiger partial charge in [-0.3, -0.25) is 4.99 Å². The molecule has 35 heavy (non-hydrogen) atoms. The Kier molecular flexibility index (Phi) is 11.1. The van der Waals surface area contributed by atoms with E-state index in [-0.39, 0.29) is 11.9 Å². The molecule has 8 heteroatoms. The summed E-state index contributed by atoms with van der Waals surface area (Å²) in [4.78, 5) is 29.6. The van der Waals surface area contributed by atoms with Gasteiger partial charge in [-0.05, 0) is 51.4 Å². The standard InChI is InChI=1S/C27H46N6O2/c1-3-5-7-8-10-13-20-19-21-15-16-23-24(25(34)35-18-12-11-17-30-26(28)29)22(14-9-6-4-2)32-27(31-20)33(21)23/h20-21H,3-19H2,1-2H3,(H4,28,29,30)/t20-,21+/m1/s1. The minimum atomic E-state index is -0.241. The lowest BCUT2D eigenvalue weighted by molar-refractivity contribution is -0.138. The lowest BCUT2D eigenvalue weighted by Crippen LogP contribution is -2.44. The molecule has 0 spiro atoms. The fourth-order valence-corrected chi connectivity index (χ4v) is 5.33. The highest BCUT2D eigenvalue weighted by atomic mass is 16.5. The van der Waals surface area contributed by atoms with Crippen molar-refractivity contribution < 1.29 is 9.53 Å². The third-order valence-corrected chi connectivity index (χ3v) is 7.18. The van der Waals surface area contributed by atoms with Crippen molar-refractivity contribution in [3.05, 3.63) is 11.3 Å². The summed E-state index contributed by atoms with van der Waals surface area (Å²) < 4.78 is 5.71. The lowest BCUT2D eigenvalue weighted by Gasteiger charge is -2.37. The first kappa shape index (κ1) is 27.2. The van der Waals surface area contributed by atoms with E-state index in [9.17, 15) is 4.79 Å². The zero-order chi connectivity index (χ0) is 25.0. The van der Waals surface area contributed by atoms with Crippen molar-refractivity contribution in [2.75, 3.05) is 13.2 Å². The third-order valence-electron chi connectivity index (χ3n) is 7.18. The Morgan fingerprint density at radius 1 is 1.06 bits per heavy atom. The van der Waals surface area contributed by atoms with E-state index >= 15 is 0 Å². The highest BCUT2D eigenvalue weighted by Crippen LogP contribution is 2.40. The fraction of sp³-hybridized carbons (Fsp3) is 0.778. The summed E-state index contributed by atoms with van der Waals surface area (Å²) in [7, 11) is 0. The van der Waals surface area contributed by atoms with Crippen LogP contribution >= 0.6 is 0 Å². The Morgan fingerprint density at radius 2 is 1.83 bits per heavy atom. The van der Waals surface area contributed by atoms with Crippen molar-refractivity contribution in [1.29, 1.82) is 0 Å². The maximum absolute atomic E-state index is 13.2. The van der Waals surface area contributed by atoms with Crippen molar-refractivity contribution >= 4 is 23.6 Å². The van der Waals surface area contributed by atoms with Crippen molar-refractivity contribution in [2.45, 2.75) is 122 Å². The van der Waals surface area contributed by atoms with Crippen LogP contribution in [0.25, 0.3) is 0 Å². The van der Waals surface area contributed by atoms with Crippen LogP contribution in [0.3, 0.4) is 0 Å². The van der Waals surface area contributed by atoms with Crippen LogP contribution < -0.4 is 11.5 Å². The van der Waals surface area contributed by atoms with Gasteiger partial charge in [-0.15, -0.1) is 0 Å². The number of nitrogens with two attached hydrogens (primary N) is 2. The van der Waals surface area contributed by atoms with Gasteiger partial charge in [0.15, 0.2) is 5.96 Å². The van der Waals surface area contributed by atoms with Gasteiger partial charge in [-0.2, -0.15) is 0 Å². The summed E-state index contributed by atoms with van der Waals surface area (Å²) >= 11 is 0. The summed E-state index contributed by atoms with van der Waals surface area (Å²) in [6, 6.07) is 0.757. The highest BCUT2D eigenvalue weighted by molar-refractivity contribution is 6.24. The smallest absolute Gasteiger partial charge is 0.341 e. The molecule has 1 saturated heterocycles. The molecule has 1 fully saturated rings. The molecule has 3 aliphatic heterocycles. The third kappa shape index (κ3) is 7.80. The van der Waals surface area contributed by atoms with Gasteiger partial charge >= 0.3 is 5.97 Å². The van der Waals surface area contributed by atoms with Crippen molar-refractivity contribution in [1.82, 2.24) is 4.90 Å². The molecule has 4 N–H and O–H groups in total. The van der Waals surface area contributed by atoms with E-state index in [1.807, 2.05) is 0 Å². The normalized spacial score (nSPS) is 20.9. The molecule has 0 aromatic rings. The van der Waals surface area contributed by atoms with Gasteiger partial charge < -0.3 is 21.1 Å². The second-order valence-electron chi connectivity index (χ2n) is 10.1. The number of allylic oxidation sites excluding steroid dienone is 1. The molecule has 0 bridgehead atoms. The Labute approximate surface area is 211 Å². The molecular formula is C27H46N6O2. The van der Waals surface area contributed by atoms with Gasteiger partial charge in [-0.25, -0.2) is 14.8 Å². The minimum absolute atomic E-state index is 0.0950. The summed E-state index contributed by atoms with van der Waals surface area (Å²) in [6.07, 6.45) is 16.2. The van der Waals surface area contributed by atoms with Gasteiger partial charge in [0.2, 0.25) is 5.96 Å². The topological polar surface area (TPSA) is 119 Å². The zero-order valence-electron chi connectivity index (χ0n) is 21.9. The Bertz CT molecular complexity index is 828. The molecule has 0 aromatic heterocycles. The first-order valence-electron chi connectivity index (χ1n) is 14.0. The van der Waals surface area contributed by atoms with Crippen molar-refractivity contribution in [2.24, 2.45) is 26.4 Å². The number of nitrogens with zero attached hydrogens (tertiary/aromatic N) is 4. The number of hydrogen-bond donors (Lipinski definition) is 2. The summed E-state index contributed by atoms with van der Waals surface area (Å²) in [6.45, 7) is 5.36. The molecule has 0 radical (unpaired) electrons. The van der Waals surface area contributed by atoms with E-state index in [2.05, 4.69) is 23.7 Å². The molecule has 0 saturated carbocycles. The highest BCUT2D eigenvalue weighted by Gasteiger charge is 2.43. The monoisotopic (exact) mass is 486 g/mol. The van der Waals surface area contributed by atoms with Gasteiger partial charge in [0.1, 0.15) is 5.57 Å². The molecule has 3 aliphatic rings. The van der Waals surface area contributed by atoms with Crippen LogP contribution in [0.1, 0.15) is 110 Å². The number of rotatable bonds is 16. The molecule has 0 unspecified atom stereocenters. The Balaban J connectivity index is 1.68. The van der Waals surface area contributed by atoms with Crippen LogP contribution in [0.2, 0.25) is 0 Å². The number of carbonyl (C=O) groups excluding carboxylic acids is 1. The van der Waals surface area contributed by atoms with Crippen LogP contribution in [-0.2, 0) is 9.53 Å². The number of ether oxygens (including phenoxy) is 1. The summed E-state index contributed by atoms with van der Waals surface area (Å²) in [5.74, 6) is 0.694. The average molecular weight is 487 g/mol. The predicted molar refractivity (Wildman–Crippen MR) is 144 cm³/mol. The molecule has 0 aromatic carbocycles. The number of guanidine groups is 2. The molecule has 8 nitrogen and oxygen atoms in total. The minimum Gasteiger partial charge on any atom is -0.462 e. The predicted octanol–water partition coefficient (Wildman–Crippen LogP) is 4.83. The van der Waals surface area contributed by atoms with Gasteiger partial charge in [0.05, 0.1) is 18.4 Å². The maximum atomic E-state index is 13.2. The van der Waals surface area contributed by atoms with E-state index in [0.717, 1.165) is 81.6 Å². The van der Waals surface area contributed by atoms with Crippen LogP contribution in [-0.4, -0.2) is 53.7 Å². The quantitative estimate of drug-likeness (QED) is 0.140. The second-order valence-corrected chi connectivity index (χ2v) is 10.1. The first-order valence-corrected chi connectivity index (χ1v) is 14.0. The zero-order valence-corrected chi connectivity index (χ0v) is 21.9. The molecule has 0 amide bonds. The van der Waals surface area contributed by atoms with E-state index in [1.165, 1.54) is 32.1 Å². The van der Waals surface area contributed by atoms with Crippen LogP contribution in [0, 0.1) is 0 Å². The number of hydrogen-bond acceptors (Lipinski definition) is 6. The Morgan fingerprint density at radius 3 is 2.60 bits per heavy atom. The number of carbonyl (C=O) groups is 1. The second kappa shape index (κ2) is 14.2. The van der Waals surface area contributed by atoms with Crippen LogP contribution in [0.15, 0.2) is 26.2 Å². The SMILES string of the molecule is CCCCCCC[C@@H]1C[C@@H]2CCC3=C(C(=O)OCCCCN=C(N)N)C(CCCCC)=NC(=N1)N32. The first-order chi connectivity index (χ1) is 17.0. The van der Waals surface area contributed by atoms with E-state index in [1.54, 1.807) is 0 Å². The fourth-order valence-electron chi connectivity index (χ4n) is 5.33. The van der Waals surface area contributed by atoms with E-state index < -0.39 is 0 Å². The summed E-state index contributed by atoms with van der Waals surface area (Å²) in [5, 5.41) is 0. The molecule has 196 valence electrons. The molecule has 0 aliphatic carbocycles. The number of unbranched alkanes of at least 4 members (excludes halogenated alkanes) is 7. The summed E-state index contributed by atoms with van der Waals surface area (Å²) in [5.41, 5.74) is 13.4. The molecule has 3 rings (SSSR count). The van der Waals surface area contributed by atoms with E-state index in [4.69, 9.17) is 26.2 Å². The largest absolute Gasteiger partial charge is 0.462 e. The van der Waals surface area contributed by atoms with Crippen LogP contribution in [0.4, 0.5) is 0 Å². The average Bonchev–Trinajstić information content (AvgIpc) is 3.25. The number of esters is 1. The van der Waals surface area contributed by atoms with Crippen molar-refractivity contribution in [3.63, 3.8) is 0 Å². The maximum Gasteiger partial charge on any atom is 0.341 e. The lowest BCUT2D eigenvalue weighted by atomic mass is 9.97. The van der Waals surface area contributed by atoms with Gasteiger partial charge in [-0.1, -0.05) is 58.8 Å². The molecule has 3 heterocycles.